The Morgan fingerprint density at radius 2 is 1.85 bits per heavy atom. The van der Waals surface area contributed by atoms with E-state index in [1.54, 1.807) is 0 Å². The molecule has 0 amide bonds. The second-order valence-corrected chi connectivity index (χ2v) is 5.45. The lowest BCUT2D eigenvalue weighted by Gasteiger charge is -2.30. The van der Waals surface area contributed by atoms with Crippen molar-refractivity contribution in [3.63, 3.8) is 0 Å². The SMILES string of the molecule is CCCCCCC(CN)(C(=O)OC)c1ccc(C)cc1. The van der Waals surface area contributed by atoms with Crippen molar-refractivity contribution in [3.8, 4) is 0 Å². The molecule has 20 heavy (non-hydrogen) atoms. The lowest BCUT2D eigenvalue weighted by molar-refractivity contribution is -0.147. The maximum absolute atomic E-state index is 12.3. The zero-order valence-electron chi connectivity index (χ0n) is 12.9. The van der Waals surface area contributed by atoms with Crippen LogP contribution in [0.1, 0.15) is 50.2 Å². The van der Waals surface area contributed by atoms with Crippen LogP contribution in [0.4, 0.5) is 0 Å². The van der Waals surface area contributed by atoms with Crippen LogP contribution in [0.3, 0.4) is 0 Å². The van der Waals surface area contributed by atoms with Crippen LogP contribution in [0.25, 0.3) is 0 Å². The van der Waals surface area contributed by atoms with Crippen molar-refractivity contribution >= 4 is 5.97 Å². The number of benzene rings is 1. The van der Waals surface area contributed by atoms with Crippen LogP contribution in [-0.4, -0.2) is 19.6 Å². The molecule has 0 saturated heterocycles. The topological polar surface area (TPSA) is 52.3 Å². The molecule has 0 aliphatic carbocycles. The molecule has 1 atom stereocenters. The summed E-state index contributed by atoms with van der Waals surface area (Å²) in [6.45, 7) is 4.50. The van der Waals surface area contributed by atoms with Gasteiger partial charge in [-0.3, -0.25) is 4.79 Å². The van der Waals surface area contributed by atoms with Crippen molar-refractivity contribution < 1.29 is 9.53 Å². The standard InChI is InChI=1S/C17H27NO2/c1-4-5-6-7-12-17(13-18,16(19)20-3)15-10-8-14(2)9-11-15/h8-11H,4-7,12-13,18H2,1-3H3. The molecule has 0 spiro atoms. The lowest BCUT2D eigenvalue weighted by atomic mass is 9.76. The molecular weight excluding hydrogens is 250 g/mol. The van der Waals surface area contributed by atoms with E-state index >= 15 is 0 Å². The van der Waals surface area contributed by atoms with E-state index in [0.717, 1.165) is 24.8 Å². The number of esters is 1. The summed E-state index contributed by atoms with van der Waals surface area (Å²) in [6, 6.07) is 8.04. The number of unbranched alkanes of at least 4 members (excludes halogenated alkanes) is 3. The van der Waals surface area contributed by atoms with E-state index in [1.165, 1.54) is 25.5 Å². The maximum atomic E-state index is 12.3. The number of carbonyl (C=O) groups is 1. The molecule has 0 aliphatic heterocycles. The van der Waals surface area contributed by atoms with Crippen molar-refractivity contribution in [2.24, 2.45) is 5.73 Å². The molecule has 112 valence electrons. The number of methoxy groups -OCH3 is 1. The largest absolute Gasteiger partial charge is 0.468 e. The fraction of sp³-hybridized carbons (Fsp3) is 0.588. The third-order valence-corrected chi connectivity index (χ3v) is 3.99. The molecule has 0 bridgehead atoms. The highest BCUT2D eigenvalue weighted by atomic mass is 16.5. The Hall–Kier alpha value is -1.35. The number of nitrogens with two attached hydrogens (primary N) is 1. The summed E-state index contributed by atoms with van der Waals surface area (Å²) < 4.78 is 5.03. The molecular formula is C17H27NO2. The molecule has 1 rings (SSSR count). The van der Waals surface area contributed by atoms with Crippen molar-refractivity contribution in [2.75, 3.05) is 13.7 Å². The third kappa shape index (κ3) is 3.83. The van der Waals surface area contributed by atoms with Crippen LogP contribution < -0.4 is 5.73 Å². The van der Waals surface area contributed by atoms with Gasteiger partial charge in [-0.15, -0.1) is 0 Å². The van der Waals surface area contributed by atoms with E-state index in [4.69, 9.17) is 10.5 Å². The van der Waals surface area contributed by atoms with Crippen molar-refractivity contribution in [1.29, 1.82) is 0 Å². The molecule has 0 radical (unpaired) electrons. The summed E-state index contributed by atoms with van der Waals surface area (Å²) in [5, 5.41) is 0. The van der Waals surface area contributed by atoms with E-state index in [1.807, 2.05) is 31.2 Å². The van der Waals surface area contributed by atoms with Crippen LogP contribution in [0.2, 0.25) is 0 Å². The summed E-state index contributed by atoms with van der Waals surface area (Å²) >= 11 is 0. The van der Waals surface area contributed by atoms with Crippen molar-refractivity contribution in [3.05, 3.63) is 35.4 Å². The maximum Gasteiger partial charge on any atom is 0.317 e. The minimum atomic E-state index is -0.698. The Kier molecular flexibility index (Phi) is 6.73. The van der Waals surface area contributed by atoms with Crippen molar-refractivity contribution in [1.82, 2.24) is 0 Å². The number of hydrogen-bond donors (Lipinski definition) is 1. The first kappa shape index (κ1) is 16.7. The molecule has 1 aromatic carbocycles. The summed E-state index contributed by atoms with van der Waals surface area (Å²) in [5.74, 6) is -0.222. The van der Waals surface area contributed by atoms with E-state index in [9.17, 15) is 4.79 Å². The predicted molar refractivity (Wildman–Crippen MR) is 82.7 cm³/mol. The zero-order chi connectivity index (χ0) is 15.0. The fourth-order valence-electron chi connectivity index (χ4n) is 2.59. The van der Waals surface area contributed by atoms with E-state index in [-0.39, 0.29) is 12.5 Å². The summed E-state index contributed by atoms with van der Waals surface area (Å²) in [6.07, 6.45) is 5.24. The highest BCUT2D eigenvalue weighted by molar-refractivity contribution is 5.83. The second-order valence-electron chi connectivity index (χ2n) is 5.45. The number of carbonyl (C=O) groups excluding carboxylic acids is 1. The van der Waals surface area contributed by atoms with Crippen LogP contribution in [0, 0.1) is 6.92 Å². The Labute approximate surface area is 122 Å². The molecule has 3 heteroatoms. The number of hydrogen-bond acceptors (Lipinski definition) is 3. The molecule has 0 fully saturated rings. The molecule has 0 aliphatic rings. The molecule has 3 nitrogen and oxygen atoms in total. The Morgan fingerprint density at radius 3 is 2.35 bits per heavy atom. The number of aryl methyl sites for hydroxylation is 1. The van der Waals surface area contributed by atoms with E-state index in [2.05, 4.69) is 6.92 Å². The molecule has 0 aromatic heterocycles. The number of rotatable bonds is 8. The van der Waals surface area contributed by atoms with E-state index < -0.39 is 5.41 Å². The molecule has 0 heterocycles. The predicted octanol–water partition coefficient (Wildman–Crippen LogP) is 3.33. The Morgan fingerprint density at radius 1 is 1.20 bits per heavy atom. The quantitative estimate of drug-likeness (QED) is 0.585. The first-order chi connectivity index (χ1) is 9.60. The van der Waals surface area contributed by atoms with Gasteiger partial charge in [0, 0.05) is 6.54 Å². The second kappa shape index (κ2) is 8.05. The molecule has 0 saturated carbocycles. The summed E-state index contributed by atoms with van der Waals surface area (Å²) in [5.41, 5.74) is 7.41. The normalized spacial score (nSPS) is 13.8. The van der Waals surface area contributed by atoms with Gasteiger partial charge in [0.15, 0.2) is 0 Å². The molecule has 1 aromatic rings. The monoisotopic (exact) mass is 277 g/mol. The van der Waals surface area contributed by atoms with Gasteiger partial charge in [0.05, 0.1) is 7.11 Å². The molecule has 1 unspecified atom stereocenters. The van der Waals surface area contributed by atoms with Crippen LogP contribution in [-0.2, 0) is 14.9 Å². The first-order valence-corrected chi connectivity index (χ1v) is 7.46. The Bertz CT molecular complexity index is 414. The average Bonchev–Trinajstić information content (AvgIpc) is 2.48. The number of ether oxygens (including phenoxy) is 1. The summed E-state index contributed by atoms with van der Waals surface area (Å²) in [4.78, 5) is 12.3. The third-order valence-electron chi connectivity index (χ3n) is 3.99. The van der Waals surface area contributed by atoms with Crippen LogP contribution in [0.5, 0.6) is 0 Å². The van der Waals surface area contributed by atoms with Gasteiger partial charge in [0.25, 0.3) is 0 Å². The van der Waals surface area contributed by atoms with Crippen LogP contribution >= 0.6 is 0 Å². The van der Waals surface area contributed by atoms with Gasteiger partial charge in [-0.2, -0.15) is 0 Å². The average molecular weight is 277 g/mol. The van der Waals surface area contributed by atoms with Gasteiger partial charge >= 0.3 is 5.97 Å². The minimum Gasteiger partial charge on any atom is -0.468 e. The first-order valence-electron chi connectivity index (χ1n) is 7.46. The van der Waals surface area contributed by atoms with Gasteiger partial charge in [-0.25, -0.2) is 0 Å². The lowest BCUT2D eigenvalue weighted by Crippen LogP contribution is -2.43. The van der Waals surface area contributed by atoms with E-state index in [0.29, 0.717) is 0 Å². The summed E-state index contributed by atoms with van der Waals surface area (Å²) in [7, 11) is 1.44. The fourth-order valence-corrected chi connectivity index (χ4v) is 2.59. The van der Waals surface area contributed by atoms with Gasteiger partial charge < -0.3 is 10.5 Å². The van der Waals surface area contributed by atoms with Gasteiger partial charge in [-0.05, 0) is 18.9 Å². The van der Waals surface area contributed by atoms with Gasteiger partial charge in [0.2, 0.25) is 0 Å². The van der Waals surface area contributed by atoms with Crippen LogP contribution in [0.15, 0.2) is 24.3 Å². The zero-order valence-corrected chi connectivity index (χ0v) is 12.9. The Balaban J connectivity index is 2.98. The molecule has 2 N–H and O–H groups in total. The highest BCUT2D eigenvalue weighted by Gasteiger charge is 2.39. The van der Waals surface area contributed by atoms with Gasteiger partial charge in [0.1, 0.15) is 5.41 Å². The minimum absolute atomic E-state index is 0.222. The van der Waals surface area contributed by atoms with Gasteiger partial charge in [-0.1, -0.05) is 62.4 Å². The highest BCUT2D eigenvalue weighted by Crippen LogP contribution is 2.31. The smallest absolute Gasteiger partial charge is 0.317 e. The van der Waals surface area contributed by atoms with Crippen molar-refractivity contribution in [2.45, 2.75) is 51.4 Å².